The third-order valence-corrected chi connectivity index (χ3v) is 9.80. The molecule has 2 aromatic heterocycles. The van der Waals surface area contributed by atoms with Gasteiger partial charge < -0.3 is 4.90 Å². The van der Waals surface area contributed by atoms with Gasteiger partial charge in [0.05, 0.1) is 11.7 Å². The first kappa shape index (κ1) is 23.4. The normalized spacial score (nSPS) is 22.5. The van der Waals surface area contributed by atoms with Crippen LogP contribution < -0.4 is 5.56 Å². The Bertz CT molecular complexity index is 1190. The van der Waals surface area contributed by atoms with E-state index in [9.17, 15) is 4.79 Å². The number of fused-ring (bicyclic) bond motifs is 3. The molecule has 0 radical (unpaired) electrons. The third-order valence-electron chi connectivity index (χ3n) is 8.64. The molecule has 0 saturated carbocycles. The van der Waals surface area contributed by atoms with Crippen LogP contribution in [0.2, 0.25) is 0 Å². The molecule has 0 spiro atoms. The molecule has 0 amide bonds. The van der Waals surface area contributed by atoms with Crippen LogP contribution in [0.4, 0.5) is 0 Å². The molecule has 35 heavy (non-hydrogen) atoms. The topological polar surface area (TPSA) is 41.4 Å². The summed E-state index contributed by atoms with van der Waals surface area (Å²) in [5.74, 6) is 0. The Labute approximate surface area is 212 Å². The van der Waals surface area contributed by atoms with Crippen molar-refractivity contribution in [2.24, 2.45) is 0 Å². The summed E-state index contributed by atoms with van der Waals surface area (Å²) in [6.07, 6.45) is 13.9. The van der Waals surface area contributed by atoms with Crippen LogP contribution in [0.3, 0.4) is 0 Å². The van der Waals surface area contributed by atoms with Gasteiger partial charge in [-0.15, -0.1) is 11.3 Å². The van der Waals surface area contributed by atoms with Crippen LogP contribution in [0.1, 0.15) is 60.9 Å². The molecule has 3 aromatic rings. The van der Waals surface area contributed by atoms with E-state index in [-0.39, 0.29) is 5.56 Å². The molecule has 6 rings (SSSR count). The number of thiophene rings is 1. The summed E-state index contributed by atoms with van der Waals surface area (Å²) in [7, 11) is 0. The zero-order valence-corrected chi connectivity index (χ0v) is 21.6. The lowest BCUT2D eigenvalue weighted by Crippen LogP contribution is -2.50. The predicted octanol–water partition coefficient (Wildman–Crippen LogP) is 4.90. The molecular weight excluding hydrogens is 452 g/mol. The van der Waals surface area contributed by atoms with Crippen LogP contribution in [0, 0.1) is 0 Å². The number of rotatable bonds is 6. The van der Waals surface area contributed by atoms with Crippen molar-refractivity contribution in [3.05, 3.63) is 63.0 Å². The van der Waals surface area contributed by atoms with Crippen molar-refractivity contribution in [2.45, 2.75) is 82.8 Å². The van der Waals surface area contributed by atoms with E-state index in [1.54, 1.807) is 17.7 Å². The Morgan fingerprint density at radius 2 is 1.69 bits per heavy atom. The molecule has 3 aliphatic rings. The van der Waals surface area contributed by atoms with Crippen LogP contribution in [0.25, 0.3) is 10.2 Å². The summed E-state index contributed by atoms with van der Waals surface area (Å²) in [5.41, 5.74) is 2.80. The number of hydrogen-bond donors (Lipinski definition) is 0. The minimum Gasteiger partial charge on any atom is -0.300 e. The maximum atomic E-state index is 13.4. The average molecular weight is 491 g/mol. The molecule has 186 valence electrons. The van der Waals surface area contributed by atoms with Crippen LogP contribution in [0.5, 0.6) is 0 Å². The van der Waals surface area contributed by atoms with Gasteiger partial charge >= 0.3 is 0 Å². The number of hydrogen-bond acceptors (Lipinski definition) is 5. The van der Waals surface area contributed by atoms with Crippen molar-refractivity contribution in [1.82, 2.24) is 19.4 Å². The number of aromatic nitrogens is 2. The lowest BCUT2D eigenvalue weighted by molar-refractivity contribution is 0.0687. The molecule has 1 aromatic carbocycles. The Hall–Kier alpha value is -2.02. The number of aryl methyl sites for hydroxylation is 3. The zero-order chi connectivity index (χ0) is 23.6. The highest BCUT2D eigenvalue weighted by molar-refractivity contribution is 7.18. The van der Waals surface area contributed by atoms with Crippen molar-refractivity contribution >= 4 is 21.6 Å². The van der Waals surface area contributed by atoms with Gasteiger partial charge in [-0.3, -0.25) is 14.3 Å². The molecule has 2 aliphatic heterocycles. The fourth-order valence-corrected chi connectivity index (χ4v) is 7.90. The molecule has 1 unspecified atom stereocenters. The number of likely N-dealkylation sites (tertiary alicyclic amines) is 2. The first-order valence-corrected chi connectivity index (χ1v) is 14.6. The number of benzene rings is 1. The number of nitrogens with zero attached hydrogens (tertiary/aromatic N) is 4. The van der Waals surface area contributed by atoms with Crippen molar-refractivity contribution in [1.29, 1.82) is 0 Å². The molecule has 1 aliphatic carbocycles. The van der Waals surface area contributed by atoms with Gasteiger partial charge in [-0.2, -0.15) is 0 Å². The highest BCUT2D eigenvalue weighted by Crippen LogP contribution is 2.36. The second-order valence-corrected chi connectivity index (χ2v) is 11.9. The standard InChI is InChI=1S/C29H38N4OS/c34-29-27-25-12-11-24(32-18-13-23(14-19-32)31-15-5-2-6-16-31)20-26(25)35-28(27)30-21-33(29)17-7-10-22-8-3-1-4-9-22/h1,3-4,8-9,21,23-24H,2,5-7,10-20H2. The van der Waals surface area contributed by atoms with Gasteiger partial charge in [0.1, 0.15) is 4.83 Å². The van der Waals surface area contributed by atoms with Crippen molar-refractivity contribution < 1.29 is 0 Å². The maximum Gasteiger partial charge on any atom is 0.262 e. The van der Waals surface area contributed by atoms with Crippen molar-refractivity contribution in [2.75, 3.05) is 26.2 Å². The lowest BCUT2D eigenvalue weighted by Gasteiger charge is -2.43. The quantitative estimate of drug-likeness (QED) is 0.493. The largest absolute Gasteiger partial charge is 0.300 e. The minimum atomic E-state index is 0.168. The molecule has 2 fully saturated rings. The molecule has 4 heterocycles. The van der Waals surface area contributed by atoms with E-state index in [2.05, 4.69) is 34.1 Å². The van der Waals surface area contributed by atoms with Gasteiger partial charge in [-0.05, 0) is 95.1 Å². The molecule has 6 heteroatoms. The van der Waals surface area contributed by atoms with Crippen LogP contribution in [-0.2, 0) is 25.8 Å². The average Bonchev–Trinajstić information content (AvgIpc) is 3.30. The summed E-state index contributed by atoms with van der Waals surface area (Å²) in [6, 6.07) is 12.0. The molecular formula is C29H38N4OS. The highest BCUT2D eigenvalue weighted by atomic mass is 32.1. The van der Waals surface area contributed by atoms with Crippen molar-refractivity contribution in [3.63, 3.8) is 0 Å². The number of piperidine rings is 2. The van der Waals surface area contributed by atoms with Gasteiger partial charge in [0.2, 0.25) is 0 Å². The van der Waals surface area contributed by atoms with Gasteiger partial charge in [0, 0.05) is 23.5 Å². The Kier molecular flexibility index (Phi) is 7.04. The fraction of sp³-hybridized carbons (Fsp3) is 0.586. The summed E-state index contributed by atoms with van der Waals surface area (Å²) >= 11 is 1.77. The maximum absolute atomic E-state index is 13.4. The Morgan fingerprint density at radius 3 is 2.49 bits per heavy atom. The van der Waals surface area contributed by atoms with Crippen LogP contribution in [0.15, 0.2) is 41.5 Å². The van der Waals surface area contributed by atoms with E-state index < -0.39 is 0 Å². The summed E-state index contributed by atoms with van der Waals surface area (Å²) < 4.78 is 1.84. The van der Waals surface area contributed by atoms with E-state index in [0.717, 1.165) is 48.5 Å². The summed E-state index contributed by atoms with van der Waals surface area (Å²) in [6.45, 7) is 5.83. The van der Waals surface area contributed by atoms with E-state index in [4.69, 9.17) is 4.98 Å². The first-order chi connectivity index (χ1) is 17.3. The second-order valence-electron chi connectivity index (χ2n) is 10.8. The molecule has 5 nitrogen and oxygen atoms in total. The predicted molar refractivity (Wildman–Crippen MR) is 144 cm³/mol. The second kappa shape index (κ2) is 10.5. The molecule has 1 atom stereocenters. The Balaban J connectivity index is 1.10. The van der Waals surface area contributed by atoms with E-state index in [1.165, 1.54) is 80.7 Å². The van der Waals surface area contributed by atoms with E-state index >= 15 is 0 Å². The van der Waals surface area contributed by atoms with E-state index in [1.807, 2.05) is 10.6 Å². The summed E-state index contributed by atoms with van der Waals surface area (Å²) in [4.78, 5) is 26.0. The minimum absolute atomic E-state index is 0.168. The highest BCUT2D eigenvalue weighted by Gasteiger charge is 2.32. The zero-order valence-electron chi connectivity index (χ0n) is 20.8. The van der Waals surface area contributed by atoms with Crippen LogP contribution in [-0.4, -0.2) is 57.6 Å². The molecule has 2 saturated heterocycles. The fourth-order valence-electron chi connectivity index (χ4n) is 6.65. The lowest BCUT2D eigenvalue weighted by atomic mass is 9.90. The SMILES string of the molecule is O=c1c2c3c(sc2ncn1CCCc1ccccc1)CC(N1CCC(N2CCCCC2)CC1)CC3. The first-order valence-electron chi connectivity index (χ1n) is 13.8. The third kappa shape index (κ3) is 4.98. The molecule has 0 N–H and O–H groups in total. The monoisotopic (exact) mass is 490 g/mol. The summed E-state index contributed by atoms with van der Waals surface area (Å²) in [5, 5.41) is 0.912. The molecule has 0 bridgehead atoms. The van der Waals surface area contributed by atoms with Crippen LogP contribution >= 0.6 is 11.3 Å². The van der Waals surface area contributed by atoms with Gasteiger partial charge in [-0.25, -0.2) is 4.98 Å². The van der Waals surface area contributed by atoms with Gasteiger partial charge in [0.25, 0.3) is 5.56 Å². The van der Waals surface area contributed by atoms with Gasteiger partial charge in [-0.1, -0.05) is 36.8 Å². The van der Waals surface area contributed by atoms with Gasteiger partial charge in [0.15, 0.2) is 0 Å². The Morgan fingerprint density at radius 1 is 0.914 bits per heavy atom. The smallest absolute Gasteiger partial charge is 0.262 e. The van der Waals surface area contributed by atoms with E-state index in [0.29, 0.717) is 6.04 Å². The van der Waals surface area contributed by atoms with Crippen molar-refractivity contribution in [3.8, 4) is 0 Å².